The zero-order valence-corrected chi connectivity index (χ0v) is 9.02. The van der Waals surface area contributed by atoms with E-state index in [0.717, 1.165) is 11.3 Å². The molecular weight excluding hydrogens is 281 g/mol. The number of rotatable bonds is 1. The van der Waals surface area contributed by atoms with E-state index in [9.17, 15) is 0 Å². The second-order valence-electron chi connectivity index (χ2n) is 2.50. The molecule has 0 unspecified atom stereocenters. The van der Waals surface area contributed by atoms with Crippen LogP contribution in [0, 0.1) is 10.8 Å². The number of halogens is 1. The molecule has 0 radical (unpaired) electrons. The van der Waals surface area contributed by atoms with Gasteiger partial charge in [-0.25, -0.2) is 0 Å². The SMILES string of the molecule is Cc1ncccc1-c1nc(I)no1. The minimum absolute atomic E-state index is 0.523. The predicted molar refractivity (Wildman–Crippen MR) is 55.0 cm³/mol. The number of hydrogen-bond acceptors (Lipinski definition) is 4. The van der Waals surface area contributed by atoms with Crippen molar-refractivity contribution in [2.75, 3.05) is 0 Å². The number of hydrogen-bond donors (Lipinski definition) is 0. The Balaban J connectivity index is 2.52. The van der Waals surface area contributed by atoms with Gasteiger partial charge in [0.05, 0.1) is 5.56 Å². The van der Waals surface area contributed by atoms with Crippen LogP contribution in [-0.4, -0.2) is 15.1 Å². The highest BCUT2D eigenvalue weighted by atomic mass is 127. The Morgan fingerprint density at radius 3 is 2.92 bits per heavy atom. The minimum Gasteiger partial charge on any atom is -0.333 e. The summed E-state index contributed by atoms with van der Waals surface area (Å²) in [5.74, 6) is 0.523. The summed E-state index contributed by atoms with van der Waals surface area (Å²) in [6, 6.07) is 3.76. The zero-order chi connectivity index (χ0) is 9.26. The molecule has 0 N–H and O–H groups in total. The van der Waals surface area contributed by atoms with Crippen molar-refractivity contribution in [3.05, 3.63) is 27.9 Å². The lowest BCUT2D eigenvalue weighted by atomic mass is 10.2. The molecule has 4 nitrogen and oxygen atoms in total. The first-order valence-corrected chi connectivity index (χ1v) is 4.76. The van der Waals surface area contributed by atoms with Crippen molar-refractivity contribution >= 4 is 22.6 Å². The fourth-order valence-electron chi connectivity index (χ4n) is 1.03. The fraction of sp³-hybridized carbons (Fsp3) is 0.125. The first-order valence-electron chi connectivity index (χ1n) is 3.68. The maximum atomic E-state index is 5.02. The van der Waals surface area contributed by atoms with Crippen LogP contribution in [0.15, 0.2) is 22.9 Å². The molecule has 66 valence electrons. The molecule has 0 saturated heterocycles. The van der Waals surface area contributed by atoms with Crippen LogP contribution < -0.4 is 0 Å². The molecule has 2 aromatic heterocycles. The van der Waals surface area contributed by atoms with Crippen LogP contribution in [-0.2, 0) is 0 Å². The summed E-state index contributed by atoms with van der Waals surface area (Å²) in [7, 11) is 0. The maximum Gasteiger partial charge on any atom is 0.260 e. The van der Waals surface area contributed by atoms with Gasteiger partial charge in [-0.2, -0.15) is 4.98 Å². The minimum atomic E-state index is 0.523. The van der Waals surface area contributed by atoms with E-state index in [1.54, 1.807) is 6.20 Å². The van der Waals surface area contributed by atoms with E-state index in [1.165, 1.54) is 0 Å². The second-order valence-corrected chi connectivity index (χ2v) is 3.47. The van der Waals surface area contributed by atoms with Gasteiger partial charge < -0.3 is 4.52 Å². The van der Waals surface area contributed by atoms with E-state index >= 15 is 0 Å². The highest BCUT2D eigenvalue weighted by Gasteiger charge is 2.09. The smallest absolute Gasteiger partial charge is 0.260 e. The molecule has 2 heterocycles. The van der Waals surface area contributed by atoms with Crippen LogP contribution in [0.2, 0.25) is 0 Å². The highest BCUT2D eigenvalue weighted by Crippen LogP contribution is 2.19. The Morgan fingerprint density at radius 1 is 1.46 bits per heavy atom. The van der Waals surface area contributed by atoms with E-state index < -0.39 is 0 Å². The van der Waals surface area contributed by atoms with Crippen molar-refractivity contribution in [3.63, 3.8) is 0 Å². The van der Waals surface area contributed by atoms with Crippen LogP contribution in [0.4, 0.5) is 0 Å². The number of aryl methyl sites for hydroxylation is 1. The van der Waals surface area contributed by atoms with Crippen molar-refractivity contribution < 1.29 is 4.52 Å². The molecule has 0 aromatic carbocycles. The molecule has 13 heavy (non-hydrogen) atoms. The van der Waals surface area contributed by atoms with Crippen molar-refractivity contribution in [2.45, 2.75) is 6.92 Å². The van der Waals surface area contributed by atoms with Gasteiger partial charge in [0.15, 0.2) is 0 Å². The third-order valence-corrected chi connectivity index (χ3v) is 2.08. The van der Waals surface area contributed by atoms with Gasteiger partial charge in [-0.05, 0) is 19.1 Å². The van der Waals surface area contributed by atoms with Crippen LogP contribution in [0.5, 0.6) is 0 Å². The summed E-state index contributed by atoms with van der Waals surface area (Å²) in [5.41, 5.74) is 1.78. The highest BCUT2D eigenvalue weighted by molar-refractivity contribution is 14.1. The van der Waals surface area contributed by atoms with Gasteiger partial charge in [-0.1, -0.05) is 5.16 Å². The summed E-state index contributed by atoms with van der Waals surface area (Å²) in [6.45, 7) is 1.91. The van der Waals surface area contributed by atoms with Crippen molar-refractivity contribution in [3.8, 4) is 11.5 Å². The van der Waals surface area contributed by atoms with Crippen LogP contribution in [0.25, 0.3) is 11.5 Å². The Hall–Kier alpha value is -0.980. The molecule has 0 amide bonds. The third-order valence-electron chi connectivity index (χ3n) is 1.64. The number of aromatic nitrogens is 3. The summed E-state index contributed by atoms with van der Waals surface area (Å²) in [4.78, 5) is 8.25. The Labute approximate surface area is 88.5 Å². The quantitative estimate of drug-likeness (QED) is 0.753. The summed E-state index contributed by atoms with van der Waals surface area (Å²) < 4.78 is 5.63. The van der Waals surface area contributed by atoms with E-state index in [4.69, 9.17) is 4.52 Å². The zero-order valence-electron chi connectivity index (χ0n) is 6.86. The van der Waals surface area contributed by atoms with E-state index in [0.29, 0.717) is 9.72 Å². The van der Waals surface area contributed by atoms with E-state index in [2.05, 4.69) is 15.1 Å². The number of pyridine rings is 1. The fourth-order valence-corrected chi connectivity index (χ4v) is 1.34. The molecule has 0 atom stereocenters. The van der Waals surface area contributed by atoms with Crippen molar-refractivity contribution in [1.82, 2.24) is 15.1 Å². The van der Waals surface area contributed by atoms with Crippen LogP contribution in [0.3, 0.4) is 0 Å². The molecule has 2 aromatic rings. The van der Waals surface area contributed by atoms with E-state index in [1.807, 2.05) is 41.6 Å². The molecule has 5 heteroatoms. The van der Waals surface area contributed by atoms with Gasteiger partial charge in [0.25, 0.3) is 5.89 Å². The molecule has 0 saturated carbocycles. The molecule has 0 spiro atoms. The molecule has 0 aliphatic carbocycles. The average Bonchev–Trinajstić information content (AvgIpc) is 2.53. The molecule has 0 aliphatic heterocycles. The lowest BCUT2D eigenvalue weighted by Crippen LogP contribution is -1.86. The van der Waals surface area contributed by atoms with Crippen LogP contribution >= 0.6 is 22.6 Å². The monoisotopic (exact) mass is 287 g/mol. The van der Waals surface area contributed by atoms with Gasteiger partial charge in [0.2, 0.25) is 3.83 Å². The molecular formula is C8H6IN3O. The largest absolute Gasteiger partial charge is 0.333 e. The van der Waals surface area contributed by atoms with Crippen LogP contribution in [0.1, 0.15) is 5.69 Å². The van der Waals surface area contributed by atoms with E-state index in [-0.39, 0.29) is 0 Å². The first-order chi connectivity index (χ1) is 6.27. The molecule has 0 fully saturated rings. The number of nitrogens with zero attached hydrogens (tertiary/aromatic N) is 3. The summed E-state index contributed by atoms with van der Waals surface area (Å²) in [6.07, 6.45) is 1.74. The molecule has 0 aliphatic rings. The standard InChI is InChI=1S/C8H6IN3O/c1-5-6(3-2-4-10-5)7-11-8(9)12-13-7/h2-4H,1H3. The van der Waals surface area contributed by atoms with Gasteiger partial charge in [-0.3, -0.25) is 4.98 Å². The van der Waals surface area contributed by atoms with Gasteiger partial charge in [-0.15, -0.1) is 0 Å². The second kappa shape index (κ2) is 3.41. The van der Waals surface area contributed by atoms with Gasteiger partial charge in [0, 0.05) is 34.5 Å². The average molecular weight is 287 g/mol. The Bertz CT molecular complexity index is 427. The Morgan fingerprint density at radius 2 is 2.31 bits per heavy atom. The normalized spacial score (nSPS) is 10.3. The van der Waals surface area contributed by atoms with Crippen molar-refractivity contribution in [2.24, 2.45) is 0 Å². The first kappa shape index (κ1) is 8.61. The maximum absolute atomic E-state index is 5.02. The molecule has 2 rings (SSSR count). The lowest BCUT2D eigenvalue weighted by molar-refractivity contribution is 0.425. The predicted octanol–water partition coefficient (Wildman–Crippen LogP) is 2.04. The van der Waals surface area contributed by atoms with Gasteiger partial charge >= 0.3 is 0 Å². The Kier molecular flexibility index (Phi) is 2.26. The molecule has 0 bridgehead atoms. The van der Waals surface area contributed by atoms with Crippen molar-refractivity contribution in [1.29, 1.82) is 0 Å². The third kappa shape index (κ3) is 1.69. The topological polar surface area (TPSA) is 51.8 Å². The summed E-state index contributed by atoms with van der Waals surface area (Å²) >= 11 is 2.00. The van der Waals surface area contributed by atoms with Gasteiger partial charge in [0.1, 0.15) is 0 Å². The lowest BCUT2D eigenvalue weighted by Gasteiger charge is -1.96. The summed E-state index contributed by atoms with van der Waals surface area (Å²) in [5, 5.41) is 3.71.